The fourth-order valence-corrected chi connectivity index (χ4v) is 3.64. The minimum absolute atomic E-state index is 0.153. The third-order valence-corrected chi connectivity index (χ3v) is 5.10. The monoisotopic (exact) mass is 450 g/mol. The van der Waals surface area contributed by atoms with Crippen molar-refractivity contribution < 1.29 is 19.1 Å². The predicted molar refractivity (Wildman–Crippen MR) is 114 cm³/mol. The van der Waals surface area contributed by atoms with Crippen LogP contribution in [0.2, 0.25) is 0 Å². The minimum atomic E-state index is -0.792. The number of hydrogen-bond acceptors (Lipinski definition) is 4. The van der Waals surface area contributed by atoms with Gasteiger partial charge in [-0.05, 0) is 41.1 Å². The van der Waals surface area contributed by atoms with Crippen molar-refractivity contribution in [3.8, 4) is 5.75 Å². The van der Waals surface area contributed by atoms with Crippen LogP contribution in [0.5, 0.6) is 5.75 Å². The van der Waals surface area contributed by atoms with Gasteiger partial charge in [0.2, 0.25) is 0 Å². The summed E-state index contributed by atoms with van der Waals surface area (Å²) in [5.74, 6) is -0.934. The molecule has 0 aliphatic carbocycles. The summed E-state index contributed by atoms with van der Waals surface area (Å²) in [5, 5.41) is 4.00. The maximum atomic E-state index is 13.1. The quantitative estimate of drug-likeness (QED) is 0.477. The van der Waals surface area contributed by atoms with Crippen molar-refractivity contribution in [3.05, 3.63) is 76.3 Å². The first-order valence-corrected chi connectivity index (χ1v) is 9.51. The van der Waals surface area contributed by atoms with Crippen molar-refractivity contribution in [1.82, 2.24) is 5.32 Å². The summed E-state index contributed by atoms with van der Waals surface area (Å²) >= 11 is 3.33. The van der Waals surface area contributed by atoms with E-state index in [1.807, 2.05) is 30.3 Å². The zero-order chi connectivity index (χ0) is 20.5. The molecule has 144 valence electrons. The summed E-state index contributed by atoms with van der Waals surface area (Å²) in [4.78, 5) is 38.9. The first-order chi connectivity index (χ1) is 14.0. The van der Waals surface area contributed by atoms with Crippen LogP contribution in [-0.2, 0) is 9.59 Å². The van der Waals surface area contributed by atoms with Crippen LogP contribution in [0.25, 0.3) is 16.8 Å². The summed E-state index contributed by atoms with van der Waals surface area (Å²) in [7, 11) is 1.52. The van der Waals surface area contributed by atoms with Crippen molar-refractivity contribution >= 4 is 56.3 Å². The molecule has 0 bridgehead atoms. The number of amides is 4. The number of imide groups is 2. The lowest BCUT2D eigenvalue weighted by molar-refractivity contribution is -0.122. The Balaban J connectivity index is 1.87. The molecule has 0 saturated carbocycles. The standard InChI is InChI=1S/C22H15BrN2O4/c1-29-19-10-9-13-5-2-3-8-16(13)17(19)12-18-20(26)24-22(28)25(21(18)27)15-7-4-6-14(23)11-15/h2-12H,1H3,(H,24,26,28)/b18-12+. The molecule has 1 fully saturated rings. The lowest BCUT2D eigenvalue weighted by Gasteiger charge is -2.26. The second kappa shape index (κ2) is 7.52. The molecule has 6 nitrogen and oxygen atoms in total. The Hall–Kier alpha value is -3.45. The summed E-state index contributed by atoms with van der Waals surface area (Å²) in [6.07, 6.45) is 1.47. The highest BCUT2D eigenvalue weighted by molar-refractivity contribution is 9.10. The molecule has 0 aromatic heterocycles. The van der Waals surface area contributed by atoms with Gasteiger partial charge >= 0.3 is 6.03 Å². The molecule has 1 aliphatic rings. The SMILES string of the molecule is COc1ccc2ccccc2c1/C=C1\C(=O)NC(=O)N(c2cccc(Br)c2)C1=O. The molecular weight excluding hydrogens is 436 g/mol. The van der Waals surface area contributed by atoms with E-state index in [-0.39, 0.29) is 5.57 Å². The summed E-state index contributed by atoms with van der Waals surface area (Å²) in [6.45, 7) is 0. The molecule has 0 atom stereocenters. The lowest BCUT2D eigenvalue weighted by atomic mass is 9.99. The van der Waals surface area contributed by atoms with Crippen molar-refractivity contribution in [2.24, 2.45) is 0 Å². The normalized spacial score (nSPS) is 15.7. The van der Waals surface area contributed by atoms with Crippen LogP contribution in [0.4, 0.5) is 10.5 Å². The first-order valence-electron chi connectivity index (χ1n) is 8.72. The van der Waals surface area contributed by atoms with Gasteiger partial charge in [0.1, 0.15) is 11.3 Å². The van der Waals surface area contributed by atoms with E-state index in [9.17, 15) is 14.4 Å². The average molecular weight is 451 g/mol. The van der Waals surface area contributed by atoms with Crippen LogP contribution in [0.3, 0.4) is 0 Å². The third-order valence-electron chi connectivity index (χ3n) is 4.61. The van der Waals surface area contributed by atoms with Crippen LogP contribution < -0.4 is 15.0 Å². The molecule has 1 saturated heterocycles. The number of anilines is 1. The van der Waals surface area contributed by atoms with Crippen molar-refractivity contribution in [2.45, 2.75) is 0 Å². The van der Waals surface area contributed by atoms with Crippen LogP contribution >= 0.6 is 15.9 Å². The molecule has 0 radical (unpaired) electrons. The fraction of sp³-hybridized carbons (Fsp3) is 0.0455. The number of carbonyl (C=O) groups is 3. The maximum absolute atomic E-state index is 13.1. The summed E-state index contributed by atoms with van der Waals surface area (Å²) < 4.78 is 6.14. The number of fused-ring (bicyclic) bond motifs is 1. The van der Waals surface area contributed by atoms with E-state index in [1.165, 1.54) is 13.2 Å². The van der Waals surface area contributed by atoms with Gasteiger partial charge in [0.25, 0.3) is 11.8 Å². The van der Waals surface area contributed by atoms with Crippen molar-refractivity contribution in [2.75, 3.05) is 12.0 Å². The summed E-state index contributed by atoms with van der Waals surface area (Å²) in [6, 6.07) is 17.2. The van der Waals surface area contributed by atoms with Gasteiger partial charge in [-0.1, -0.05) is 52.3 Å². The highest BCUT2D eigenvalue weighted by Gasteiger charge is 2.37. The topological polar surface area (TPSA) is 75.7 Å². The number of hydrogen-bond donors (Lipinski definition) is 1. The minimum Gasteiger partial charge on any atom is -0.496 e. The molecular formula is C22H15BrN2O4. The Morgan fingerprint density at radius 1 is 1.00 bits per heavy atom. The average Bonchev–Trinajstić information content (AvgIpc) is 2.71. The Labute approximate surface area is 174 Å². The maximum Gasteiger partial charge on any atom is 0.335 e. The molecule has 0 spiro atoms. The molecule has 1 N–H and O–H groups in total. The molecule has 1 heterocycles. The number of carbonyl (C=O) groups excluding carboxylic acids is 3. The number of benzene rings is 3. The highest BCUT2D eigenvalue weighted by Crippen LogP contribution is 2.31. The number of rotatable bonds is 3. The van der Waals surface area contributed by atoms with Crippen LogP contribution in [0.1, 0.15) is 5.56 Å². The molecule has 1 aliphatic heterocycles. The van der Waals surface area contributed by atoms with Crippen molar-refractivity contribution in [1.29, 1.82) is 0 Å². The molecule has 3 aromatic rings. The van der Waals surface area contributed by atoms with E-state index in [1.54, 1.807) is 30.3 Å². The Morgan fingerprint density at radius 3 is 2.55 bits per heavy atom. The number of halogens is 1. The number of barbiturate groups is 1. The number of nitrogens with zero attached hydrogens (tertiary/aromatic N) is 1. The predicted octanol–water partition coefficient (Wildman–Crippen LogP) is 4.28. The van der Waals surface area contributed by atoms with E-state index in [0.29, 0.717) is 21.5 Å². The Morgan fingerprint density at radius 2 is 1.79 bits per heavy atom. The summed E-state index contributed by atoms with van der Waals surface area (Å²) in [5.41, 5.74) is 0.789. The van der Waals surface area contributed by atoms with Gasteiger partial charge in [0, 0.05) is 10.0 Å². The van der Waals surface area contributed by atoms with Gasteiger partial charge in [-0.2, -0.15) is 0 Å². The lowest BCUT2D eigenvalue weighted by Crippen LogP contribution is -2.54. The molecule has 7 heteroatoms. The van der Waals surface area contributed by atoms with Gasteiger partial charge in [-0.3, -0.25) is 14.9 Å². The van der Waals surface area contributed by atoms with E-state index >= 15 is 0 Å². The zero-order valence-electron chi connectivity index (χ0n) is 15.3. The number of methoxy groups -OCH3 is 1. The highest BCUT2D eigenvalue weighted by atomic mass is 79.9. The molecule has 4 amide bonds. The molecule has 3 aromatic carbocycles. The van der Waals surface area contributed by atoms with Crippen molar-refractivity contribution in [3.63, 3.8) is 0 Å². The zero-order valence-corrected chi connectivity index (χ0v) is 16.9. The van der Waals surface area contributed by atoms with Gasteiger partial charge < -0.3 is 4.74 Å². The van der Waals surface area contributed by atoms with E-state index in [0.717, 1.165) is 15.7 Å². The van der Waals surface area contributed by atoms with Gasteiger partial charge in [-0.15, -0.1) is 0 Å². The Kier molecular flexibility index (Phi) is 4.90. The van der Waals surface area contributed by atoms with Gasteiger partial charge in [-0.25, -0.2) is 9.69 Å². The smallest absolute Gasteiger partial charge is 0.335 e. The number of urea groups is 1. The van der Waals surface area contributed by atoms with Gasteiger partial charge in [0.05, 0.1) is 12.8 Å². The number of nitrogens with one attached hydrogen (secondary N) is 1. The Bertz CT molecular complexity index is 1200. The van der Waals surface area contributed by atoms with Crippen LogP contribution in [-0.4, -0.2) is 25.0 Å². The number of ether oxygens (including phenoxy) is 1. The second-order valence-corrected chi connectivity index (χ2v) is 7.26. The first kappa shape index (κ1) is 18.9. The third kappa shape index (κ3) is 3.40. The molecule has 0 unspecified atom stereocenters. The molecule has 29 heavy (non-hydrogen) atoms. The van der Waals surface area contributed by atoms with Crippen LogP contribution in [0, 0.1) is 0 Å². The molecule has 4 rings (SSSR count). The van der Waals surface area contributed by atoms with E-state index in [2.05, 4.69) is 21.2 Å². The van der Waals surface area contributed by atoms with E-state index in [4.69, 9.17) is 4.74 Å². The van der Waals surface area contributed by atoms with Crippen LogP contribution in [0.15, 0.2) is 70.7 Å². The fourth-order valence-electron chi connectivity index (χ4n) is 3.25. The van der Waals surface area contributed by atoms with E-state index < -0.39 is 17.8 Å². The van der Waals surface area contributed by atoms with Gasteiger partial charge in [0.15, 0.2) is 0 Å². The second-order valence-electron chi connectivity index (χ2n) is 6.34. The largest absolute Gasteiger partial charge is 0.496 e.